The first-order valence-corrected chi connectivity index (χ1v) is 11.5. The molecule has 152 valence electrons. The summed E-state index contributed by atoms with van der Waals surface area (Å²) < 4.78 is 18.4. The Hall–Kier alpha value is -0.990. The third-order valence-corrected chi connectivity index (χ3v) is 8.73. The first-order valence-electron chi connectivity index (χ1n) is 9.76. The second kappa shape index (κ2) is 6.51. The van der Waals surface area contributed by atoms with Crippen LogP contribution >= 0.6 is 31.9 Å². The third kappa shape index (κ3) is 2.25. The molecule has 1 amide bonds. The summed E-state index contributed by atoms with van der Waals surface area (Å²) in [6.45, 7) is 2.80. The Balaban J connectivity index is 1.71. The van der Waals surface area contributed by atoms with Gasteiger partial charge in [-0.05, 0) is 43.7 Å². The predicted octanol–water partition coefficient (Wildman–Crippen LogP) is 3.39. The molecule has 2 bridgehead atoms. The summed E-state index contributed by atoms with van der Waals surface area (Å²) in [4.78, 5) is 14.5. The smallest absolute Gasteiger partial charge is 0.410 e. The zero-order chi connectivity index (χ0) is 19.8. The van der Waals surface area contributed by atoms with Crippen LogP contribution in [-0.2, 0) is 16.6 Å². The molecule has 6 atom stereocenters. The summed E-state index contributed by atoms with van der Waals surface area (Å²) in [5, 5.41) is 11.0. The summed E-state index contributed by atoms with van der Waals surface area (Å²) in [6.07, 6.45) is 1.06. The number of aliphatic hydroxyl groups excluding tert-OH is 1. The topological polar surface area (TPSA) is 68.2 Å². The fraction of sp³-hybridized carbons (Fsp3) is 0.650. The highest BCUT2D eigenvalue weighted by atomic mass is 79.9. The van der Waals surface area contributed by atoms with Gasteiger partial charge >= 0.3 is 6.09 Å². The van der Waals surface area contributed by atoms with Gasteiger partial charge in [-0.2, -0.15) is 0 Å². The molecule has 1 aromatic rings. The molecule has 1 spiro atoms. The van der Waals surface area contributed by atoms with Crippen molar-refractivity contribution in [2.75, 3.05) is 20.3 Å². The Morgan fingerprint density at radius 3 is 3.00 bits per heavy atom. The molecule has 2 heterocycles. The average molecular weight is 517 g/mol. The molecule has 1 saturated heterocycles. The minimum absolute atomic E-state index is 0.0228. The summed E-state index contributed by atoms with van der Waals surface area (Å²) in [7, 11) is 1.64. The van der Waals surface area contributed by atoms with E-state index in [-0.39, 0.29) is 34.4 Å². The molecule has 0 radical (unpaired) electrons. The van der Waals surface area contributed by atoms with E-state index in [0.717, 1.165) is 35.0 Å². The van der Waals surface area contributed by atoms with E-state index in [9.17, 15) is 9.90 Å². The number of piperidine rings is 1. The van der Waals surface area contributed by atoms with Crippen molar-refractivity contribution >= 4 is 38.0 Å². The van der Waals surface area contributed by atoms with Crippen molar-refractivity contribution in [3.05, 3.63) is 21.7 Å². The van der Waals surface area contributed by atoms with Gasteiger partial charge in [-0.25, -0.2) is 4.79 Å². The number of rotatable bonds is 2. The van der Waals surface area contributed by atoms with Gasteiger partial charge in [0.25, 0.3) is 0 Å². The second-order valence-corrected chi connectivity index (χ2v) is 10.1. The summed E-state index contributed by atoms with van der Waals surface area (Å²) in [6, 6.07) is 1.96. The van der Waals surface area contributed by atoms with Crippen LogP contribution in [0.15, 0.2) is 10.5 Å². The van der Waals surface area contributed by atoms with Crippen LogP contribution in [0, 0.1) is 5.92 Å². The van der Waals surface area contributed by atoms with Crippen LogP contribution in [-0.4, -0.2) is 59.4 Å². The van der Waals surface area contributed by atoms with Crippen LogP contribution in [0.3, 0.4) is 0 Å². The zero-order valence-electron chi connectivity index (χ0n) is 15.8. The van der Waals surface area contributed by atoms with E-state index in [1.54, 1.807) is 7.11 Å². The van der Waals surface area contributed by atoms with Gasteiger partial charge in [0.1, 0.15) is 12.2 Å². The van der Waals surface area contributed by atoms with Crippen LogP contribution in [0.4, 0.5) is 4.79 Å². The number of hydrogen-bond acceptors (Lipinski definition) is 5. The molecule has 5 rings (SSSR count). The average Bonchev–Trinajstić information content (AvgIpc) is 3.00. The molecular weight excluding hydrogens is 494 g/mol. The first-order chi connectivity index (χ1) is 13.4. The van der Waals surface area contributed by atoms with E-state index in [1.165, 1.54) is 5.56 Å². The van der Waals surface area contributed by atoms with Crippen molar-refractivity contribution in [3.63, 3.8) is 0 Å². The standard InChI is InChI=1S/C20H23Br2NO5/c1-3-27-19(25)23-5-4-20-10-7-12(22)16(24)18(20)28-17-14(26-2)8-11(21)9(15(17)20)6-13(10)23/h8,10,12-13,16,18,24H,3-7H2,1-2H3/t10-,12+,13-,16-,18-,20-/m0/s1. The fourth-order valence-corrected chi connectivity index (χ4v) is 7.32. The lowest BCUT2D eigenvalue weighted by Crippen LogP contribution is -2.69. The SMILES string of the molecule is CCOC(=O)N1CC[C@]23c4c5c(Br)cc(OC)c4O[C@H]2[C@@H](O)[C@H](Br)C[C@H]3[C@@H]1C5. The summed E-state index contributed by atoms with van der Waals surface area (Å²) in [5.74, 6) is 1.65. The molecular formula is C20H23Br2NO5. The van der Waals surface area contributed by atoms with Crippen LogP contribution in [0.25, 0.3) is 0 Å². The van der Waals surface area contributed by atoms with Gasteiger partial charge in [0.05, 0.1) is 13.7 Å². The molecule has 8 heteroatoms. The zero-order valence-corrected chi connectivity index (χ0v) is 19.0. The monoisotopic (exact) mass is 515 g/mol. The van der Waals surface area contributed by atoms with Crippen molar-refractivity contribution in [2.24, 2.45) is 5.92 Å². The molecule has 1 N–H and O–H groups in total. The maximum absolute atomic E-state index is 12.7. The number of halogens is 2. The van der Waals surface area contributed by atoms with Crippen molar-refractivity contribution in [2.45, 2.75) is 54.7 Å². The molecule has 2 aliphatic heterocycles. The molecule has 0 aromatic heterocycles. The Labute approximate surface area is 180 Å². The highest BCUT2D eigenvalue weighted by Gasteiger charge is 2.68. The van der Waals surface area contributed by atoms with Gasteiger partial charge in [0.2, 0.25) is 0 Å². The summed E-state index contributed by atoms with van der Waals surface area (Å²) in [5.41, 5.74) is 2.03. The largest absolute Gasteiger partial charge is 0.493 e. The fourth-order valence-electron chi connectivity index (χ4n) is 6.07. The van der Waals surface area contributed by atoms with E-state index in [2.05, 4.69) is 31.9 Å². The number of carbonyl (C=O) groups is 1. The van der Waals surface area contributed by atoms with E-state index in [4.69, 9.17) is 14.2 Å². The normalized spacial score (nSPS) is 37.2. The van der Waals surface area contributed by atoms with Gasteiger partial charge in [0.15, 0.2) is 11.5 Å². The van der Waals surface area contributed by atoms with Crippen LogP contribution < -0.4 is 9.47 Å². The third-order valence-electron chi connectivity index (χ3n) is 7.10. The molecule has 4 aliphatic rings. The highest BCUT2D eigenvalue weighted by molar-refractivity contribution is 9.10. The highest BCUT2D eigenvalue weighted by Crippen LogP contribution is 2.65. The Morgan fingerprint density at radius 2 is 2.29 bits per heavy atom. The van der Waals surface area contributed by atoms with Gasteiger partial charge in [-0.15, -0.1) is 0 Å². The predicted molar refractivity (Wildman–Crippen MR) is 109 cm³/mol. The van der Waals surface area contributed by atoms with Crippen molar-refractivity contribution in [1.29, 1.82) is 0 Å². The lowest BCUT2D eigenvalue weighted by atomic mass is 9.51. The van der Waals surface area contributed by atoms with E-state index in [1.807, 2.05) is 17.9 Å². The van der Waals surface area contributed by atoms with Gasteiger partial charge in [0, 0.05) is 32.9 Å². The van der Waals surface area contributed by atoms with Gasteiger partial charge in [-0.1, -0.05) is 31.9 Å². The maximum Gasteiger partial charge on any atom is 0.410 e. The number of ether oxygens (including phenoxy) is 3. The van der Waals surface area contributed by atoms with E-state index < -0.39 is 6.10 Å². The first kappa shape index (κ1) is 19.0. The summed E-state index contributed by atoms with van der Waals surface area (Å²) >= 11 is 7.39. The van der Waals surface area contributed by atoms with Crippen LogP contribution in [0.2, 0.25) is 0 Å². The maximum atomic E-state index is 12.7. The Kier molecular flexibility index (Phi) is 4.41. The van der Waals surface area contributed by atoms with Gasteiger partial charge in [-0.3, -0.25) is 0 Å². The van der Waals surface area contributed by atoms with Crippen molar-refractivity contribution in [3.8, 4) is 11.5 Å². The number of methoxy groups -OCH3 is 1. The van der Waals surface area contributed by atoms with Crippen molar-refractivity contribution < 1.29 is 24.1 Å². The Bertz CT molecular complexity index is 848. The number of nitrogens with zero attached hydrogens (tertiary/aromatic N) is 1. The molecule has 1 aromatic carbocycles. The molecule has 6 nitrogen and oxygen atoms in total. The van der Waals surface area contributed by atoms with Crippen LogP contribution in [0.5, 0.6) is 11.5 Å². The molecule has 1 saturated carbocycles. The van der Waals surface area contributed by atoms with E-state index in [0.29, 0.717) is 18.9 Å². The number of likely N-dealkylation sites (tertiary alicyclic amines) is 1. The number of amides is 1. The molecule has 2 aliphatic carbocycles. The van der Waals surface area contributed by atoms with Crippen LogP contribution in [0.1, 0.15) is 30.9 Å². The Morgan fingerprint density at radius 1 is 1.50 bits per heavy atom. The number of benzene rings is 1. The number of aliphatic hydroxyl groups is 1. The number of alkyl halides is 1. The molecule has 28 heavy (non-hydrogen) atoms. The number of carbonyl (C=O) groups excluding carboxylic acids is 1. The lowest BCUT2D eigenvalue weighted by Gasteiger charge is -2.59. The van der Waals surface area contributed by atoms with E-state index >= 15 is 0 Å². The minimum Gasteiger partial charge on any atom is -0.493 e. The van der Waals surface area contributed by atoms with Crippen molar-refractivity contribution in [1.82, 2.24) is 4.90 Å². The quantitative estimate of drug-likeness (QED) is 0.610. The van der Waals surface area contributed by atoms with Gasteiger partial charge < -0.3 is 24.2 Å². The molecule has 2 fully saturated rings. The molecule has 0 unspecified atom stereocenters. The second-order valence-electron chi connectivity index (χ2n) is 8.08. The lowest BCUT2D eigenvalue weighted by molar-refractivity contribution is -0.0954. The minimum atomic E-state index is -0.618. The number of hydrogen-bond donors (Lipinski definition) is 1.